The maximum atomic E-state index is 11.5. The number of carbonyl (C=O) groups excluding carboxylic acids is 1. The van der Waals surface area contributed by atoms with Crippen molar-refractivity contribution < 1.29 is 4.79 Å². The SMILES string of the molecule is CCNC(=O)CN1CC[C@@H](Cc2cnn(C)c2)C1. The summed E-state index contributed by atoms with van der Waals surface area (Å²) >= 11 is 0. The summed E-state index contributed by atoms with van der Waals surface area (Å²) in [5, 5.41) is 7.04. The van der Waals surface area contributed by atoms with Crippen molar-refractivity contribution in [1.82, 2.24) is 20.0 Å². The van der Waals surface area contributed by atoms with E-state index in [0.29, 0.717) is 19.0 Å². The fraction of sp³-hybridized carbons (Fsp3) is 0.692. The lowest BCUT2D eigenvalue weighted by Gasteiger charge is -2.15. The minimum absolute atomic E-state index is 0.138. The summed E-state index contributed by atoms with van der Waals surface area (Å²) in [4.78, 5) is 13.7. The van der Waals surface area contributed by atoms with Crippen molar-refractivity contribution in [2.24, 2.45) is 13.0 Å². The highest BCUT2D eigenvalue weighted by Crippen LogP contribution is 2.20. The van der Waals surface area contributed by atoms with Crippen molar-refractivity contribution in [3.05, 3.63) is 18.0 Å². The largest absolute Gasteiger partial charge is 0.355 e. The van der Waals surface area contributed by atoms with E-state index in [2.05, 4.69) is 21.5 Å². The molecule has 1 saturated heterocycles. The Morgan fingerprint density at radius 3 is 3.11 bits per heavy atom. The monoisotopic (exact) mass is 250 g/mol. The van der Waals surface area contributed by atoms with Crippen LogP contribution in [0.2, 0.25) is 0 Å². The maximum absolute atomic E-state index is 11.5. The normalized spacial score (nSPS) is 20.2. The third-order valence-electron chi connectivity index (χ3n) is 3.39. The molecule has 18 heavy (non-hydrogen) atoms. The zero-order valence-corrected chi connectivity index (χ0v) is 11.2. The standard InChI is InChI=1S/C13H22N4O/c1-3-14-13(18)10-17-5-4-11(9-17)6-12-7-15-16(2)8-12/h7-8,11H,3-6,9-10H2,1-2H3,(H,14,18)/t11-/m0/s1. The quantitative estimate of drug-likeness (QED) is 0.824. The number of aromatic nitrogens is 2. The molecule has 5 heteroatoms. The van der Waals surface area contributed by atoms with Crippen molar-refractivity contribution in [2.75, 3.05) is 26.2 Å². The number of carbonyl (C=O) groups is 1. The number of aryl methyl sites for hydroxylation is 1. The van der Waals surface area contributed by atoms with Crippen LogP contribution in [0.3, 0.4) is 0 Å². The first-order valence-electron chi connectivity index (χ1n) is 6.64. The van der Waals surface area contributed by atoms with Gasteiger partial charge in [0.2, 0.25) is 5.91 Å². The molecular formula is C13H22N4O. The van der Waals surface area contributed by atoms with E-state index in [9.17, 15) is 4.79 Å². The number of nitrogens with zero attached hydrogens (tertiary/aromatic N) is 3. The van der Waals surface area contributed by atoms with Gasteiger partial charge in [0.15, 0.2) is 0 Å². The van der Waals surface area contributed by atoms with Gasteiger partial charge in [-0.15, -0.1) is 0 Å². The van der Waals surface area contributed by atoms with Crippen LogP contribution in [0.15, 0.2) is 12.4 Å². The molecule has 1 aliphatic rings. The lowest BCUT2D eigenvalue weighted by Crippen LogP contribution is -2.36. The van der Waals surface area contributed by atoms with Crippen LogP contribution in [0.4, 0.5) is 0 Å². The summed E-state index contributed by atoms with van der Waals surface area (Å²) in [6, 6.07) is 0. The molecule has 2 rings (SSSR count). The highest BCUT2D eigenvalue weighted by Gasteiger charge is 2.24. The second-order valence-electron chi connectivity index (χ2n) is 5.07. The van der Waals surface area contributed by atoms with Crippen molar-refractivity contribution in [3.63, 3.8) is 0 Å². The summed E-state index contributed by atoms with van der Waals surface area (Å²) in [5.41, 5.74) is 1.29. The van der Waals surface area contributed by atoms with E-state index in [1.165, 1.54) is 12.0 Å². The summed E-state index contributed by atoms with van der Waals surface area (Å²) in [6.45, 7) is 5.25. The number of rotatable bonds is 5. The molecule has 1 N–H and O–H groups in total. The Labute approximate surface area is 108 Å². The van der Waals surface area contributed by atoms with Gasteiger partial charge in [0.25, 0.3) is 0 Å². The van der Waals surface area contributed by atoms with Gasteiger partial charge in [-0.2, -0.15) is 5.10 Å². The van der Waals surface area contributed by atoms with Crippen LogP contribution < -0.4 is 5.32 Å². The molecule has 1 fully saturated rings. The second-order valence-corrected chi connectivity index (χ2v) is 5.07. The van der Waals surface area contributed by atoms with Crippen LogP contribution in [0.5, 0.6) is 0 Å². The lowest BCUT2D eigenvalue weighted by atomic mass is 10.0. The first kappa shape index (κ1) is 13.1. The van der Waals surface area contributed by atoms with Gasteiger partial charge in [-0.05, 0) is 37.8 Å². The molecule has 1 aromatic heterocycles. The van der Waals surface area contributed by atoms with Gasteiger partial charge < -0.3 is 5.32 Å². The third kappa shape index (κ3) is 3.57. The Balaban J connectivity index is 1.76. The maximum Gasteiger partial charge on any atom is 0.234 e. The Morgan fingerprint density at radius 2 is 2.44 bits per heavy atom. The zero-order chi connectivity index (χ0) is 13.0. The molecule has 1 atom stereocenters. The van der Waals surface area contributed by atoms with E-state index in [1.807, 2.05) is 24.9 Å². The van der Waals surface area contributed by atoms with Gasteiger partial charge in [0, 0.05) is 26.3 Å². The predicted octanol–water partition coefficient (Wildman–Crippen LogP) is 0.421. The minimum Gasteiger partial charge on any atom is -0.355 e. The summed E-state index contributed by atoms with van der Waals surface area (Å²) in [5.74, 6) is 0.795. The molecule has 0 radical (unpaired) electrons. The molecule has 0 unspecified atom stereocenters. The van der Waals surface area contributed by atoms with Crippen molar-refractivity contribution >= 4 is 5.91 Å². The van der Waals surface area contributed by atoms with E-state index in [1.54, 1.807) is 0 Å². The fourth-order valence-corrected chi connectivity index (χ4v) is 2.59. The van der Waals surface area contributed by atoms with Crippen LogP contribution in [0, 0.1) is 5.92 Å². The summed E-state index contributed by atoms with van der Waals surface area (Å²) in [7, 11) is 1.94. The molecular weight excluding hydrogens is 228 g/mol. The van der Waals surface area contributed by atoms with Crippen molar-refractivity contribution in [1.29, 1.82) is 0 Å². The average molecular weight is 250 g/mol. The molecule has 0 spiro atoms. The average Bonchev–Trinajstić information content (AvgIpc) is 2.89. The molecule has 0 bridgehead atoms. The van der Waals surface area contributed by atoms with Crippen LogP contribution >= 0.6 is 0 Å². The van der Waals surface area contributed by atoms with Gasteiger partial charge in [-0.3, -0.25) is 14.4 Å². The smallest absolute Gasteiger partial charge is 0.234 e. The van der Waals surface area contributed by atoms with Gasteiger partial charge in [-0.25, -0.2) is 0 Å². The number of hydrogen-bond acceptors (Lipinski definition) is 3. The Hall–Kier alpha value is -1.36. The predicted molar refractivity (Wildman–Crippen MR) is 70.1 cm³/mol. The molecule has 2 heterocycles. The fourth-order valence-electron chi connectivity index (χ4n) is 2.59. The molecule has 1 aromatic rings. The van der Waals surface area contributed by atoms with Gasteiger partial charge in [-0.1, -0.05) is 0 Å². The lowest BCUT2D eigenvalue weighted by molar-refractivity contribution is -0.121. The van der Waals surface area contributed by atoms with Crippen LogP contribution in [-0.4, -0.2) is 46.8 Å². The summed E-state index contributed by atoms with van der Waals surface area (Å²) in [6.07, 6.45) is 6.26. The number of amides is 1. The molecule has 1 aliphatic heterocycles. The molecule has 100 valence electrons. The second kappa shape index (κ2) is 6.00. The molecule has 1 amide bonds. The van der Waals surface area contributed by atoms with Gasteiger partial charge in [0.05, 0.1) is 12.7 Å². The number of likely N-dealkylation sites (tertiary alicyclic amines) is 1. The summed E-state index contributed by atoms with van der Waals surface area (Å²) < 4.78 is 1.84. The van der Waals surface area contributed by atoms with Crippen LogP contribution in [-0.2, 0) is 18.3 Å². The van der Waals surface area contributed by atoms with E-state index in [4.69, 9.17) is 0 Å². The highest BCUT2D eigenvalue weighted by atomic mass is 16.2. The molecule has 0 aliphatic carbocycles. The van der Waals surface area contributed by atoms with Crippen molar-refractivity contribution in [3.8, 4) is 0 Å². The third-order valence-corrected chi connectivity index (χ3v) is 3.39. The minimum atomic E-state index is 0.138. The number of nitrogens with one attached hydrogen (secondary N) is 1. The number of hydrogen-bond donors (Lipinski definition) is 1. The molecule has 0 saturated carbocycles. The van der Waals surface area contributed by atoms with Gasteiger partial charge in [0.1, 0.15) is 0 Å². The van der Waals surface area contributed by atoms with Crippen molar-refractivity contribution in [2.45, 2.75) is 19.8 Å². The van der Waals surface area contributed by atoms with E-state index in [0.717, 1.165) is 19.5 Å². The first-order chi connectivity index (χ1) is 8.67. The Morgan fingerprint density at radius 1 is 1.61 bits per heavy atom. The van der Waals surface area contributed by atoms with Crippen LogP contribution in [0.25, 0.3) is 0 Å². The van der Waals surface area contributed by atoms with Crippen LogP contribution in [0.1, 0.15) is 18.9 Å². The first-order valence-corrected chi connectivity index (χ1v) is 6.64. The highest BCUT2D eigenvalue weighted by molar-refractivity contribution is 5.77. The topological polar surface area (TPSA) is 50.2 Å². The Kier molecular flexibility index (Phi) is 4.36. The molecule has 0 aromatic carbocycles. The van der Waals surface area contributed by atoms with E-state index < -0.39 is 0 Å². The molecule has 5 nitrogen and oxygen atoms in total. The Bertz CT molecular complexity index is 401. The van der Waals surface area contributed by atoms with E-state index >= 15 is 0 Å². The number of likely N-dealkylation sites (N-methyl/N-ethyl adjacent to an activating group) is 1. The zero-order valence-electron chi connectivity index (χ0n) is 11.2. The van der Waals surface area contributed by atoms with Gasteiger partial charge >= 0.3 is 0 Å². The van der Waals surface area contributed by atoms with E-state index in [-0.39, 0.29) is 5.91 Å².